The minimum absolute atomic E-state index is 0.130. The first-order chi connectivity index (χ1) is 7.08. The first kappa shape index (κ1) is 12.1. The average Bonchev–Trinajstić information content (AvgIpc) is 2.10. The van der Waals surface area contributed by atoms with Gasteiger partial charge in [-0.25, -0.2) is 0 Å². The second-order valence-electron chi connectivity index (χ2n) is 3.04. The van der Waals surface area contributed by atoms with E-state index in [2.05, 4.69) is 0 Å². The Balaban J connectivity index is 2.60. The summed E-state index contributed by atoms with van der Waals surface area (Å²) in [5.41, 5.74) is 0.873. The molecule has 4 heteroatoms. The summed E-state index contributed by atoms with van der Waals surface area (Å²) < 4.78 is 0. The number of benzene rings is 1. The predicted octanol–water partition coefficient (Wildman–Crippen LogP) is 3.87. The van der Waals surface area contributed by atoms with E-state index in [-0.39, 0.29) is 6.42 Å². The zero-order valence-electron chi connectivity index (χ0n) is 7.91. The third kappa shape index (κ3) is 4.86. The van der Waals surface area contributed by atoms with E-state index in [1.54, 1.807) is 30.4 Å². The van der Waals surface area contributed by atoms with Gasteiger partial charge in [0, 0.05) is 16.5 Å². The number of allylic oxidation sites excluding steroid dienone is 1. The summed E-state index contributed by atoms with van der Waals surface area (Å²) in [7, 11) is 0. The van der Waals surface area contributed by atoms with E-state index in [1.807, 2.05) is 0 Å². The Kier molecular flexibility index (Phi) is 4.66. The molecule has 1 rings (SSSR count). The van der Waals surface area contributed by atoms with E-state index in [0.29, 0.717) is 16.5 Å². The molecule has 0 spiro atoms. The van der Waals surface area contributed by atoms with E-state index in [0.717, 1.165) is 5.56 Å². The van der Waals surface area contributed by atoms with Crippen molar-refractivity contribution in [1.29, 1.82) is 0 Å². The maximum Gasteiger partial charge on any atom is 0.303 e. The van der Waals surface area contributed by atoms with Crippen molar-refractivity contribution in [3.8, 4) is 0 Å². The second kappa shape index (κ2) is 5.79. The molecule has 0 bridgehead atoms. The van der Waals surface area contributed by atoms with Crippen LogP contribution in [-0.4, -0.2) is 11.1 Å². The molecule has 0 heterocycles. The first-order valence-corrected chi connectivity index (χ1v) is 5.18. The van der Waals surface area contributed by atoms with Crippen molar-refractivity contribution in [2.24, 2.45) is 0 Å². The van der Waals surface area contributed by atoms with E-state index in [1.165, 1.54) is 0 Å². The van der Waals surface area contributed by atoms with E-state index < -0.39 is 5.97 Å². The van der Waals surface area contributed by atoms with Crippen LogP contribution in [0.3, 0.4) is 0 Å². The molecule has 1 aromatic rings. The van der Waals surface area contributed by atoms with Gasteiger partial charge in [-0.3, -0.25) is 4.79 Å². The van der Waals surface area contributed by atoms with Crippen molar-refractivity contribution in [1.82, 2.24) is 0 Å². The average molecular weight is 245 g/mol. The predicted molar refractivity (Wildman–Crippen MR) is 62.4 cm³/mol. The summed E-state index contributed by atoms with van der Waals surface area (Å²) in [4.78, 5) is 10.2. The number of rotatable bonds is 4. The summed E-state index contributed by atoms with van der Waals surface area (Å²) in [6.45, 7) is 0. The van der Waals surface area contributed by atoms with Gasteiger partial charge in [0.05, 0.1) is 0 Å². The van der Waals surface area contributed by atoms with Crippen molar-refractivity contribution in [2.45, 2.75) is 12.8 Å². The Morgan fingerprint density at radius 3 is 2.40 bits per heavy atom. The molecule has 0 atom stereocenters. The van der Waals surface area contributed by atoms with Gasteiger partial charge >= 0.3 is 5.97 Å². The fourth-order valence-corrected chi connectivity index (χ4v) is 1.64. The fourth-order valence-electron chi connectivity index (χ4n) is 1.10. The lowest BCUT2D eigenvalue weighted by Gasteiger charge is -1.96. The van der Waals surface area contributed by atoms with Gasteiger partial charge in [-0.15, -0.1) is 0 Å². The Morgan fingerprint density at radius 1 is 1.27 bits per heavy atom. The molecule has 0 saturated carbocycles. The monoisotopic (exact) mass is 244 g/mol. The number of hydrogen-bond acceptors (Lipinski definition) is 1. The molecule has 15 heavy (non-hydrogen) atoms. The minimum atomic E-state index is -0.802. The molecule has 0 saturated heterocycles. The quantitative estimate of drug-likeness (QED) is 0.874. The van der Waals surface area contributed by atoms with Gasteiger partial charge < -0.3 is 5.11 Å². The molecule has 1 N–H and O–H groups in total. The Bertz CT molecular complexity index is 366. The number of carboxylic acids is 1. The summed E-state index contributed by atoms with van der Waals surface area (Å²) in [5.74, 6) is -0.802. The van der Waals surface area contributed by atoms with Crippen LogP contribution in [0.1, 0.15) is 18.4 Å². The third-order valence-corrected chi connectivity index (χ3v) is 2.16. The number of carbonyl (C=O) groups is 1. The van der Waals surface area contributed by atoms with Crippen LogP contribution >= 0.6 is 23.2 Å². The maximum atomic E-state index is 10.2. The van der Waals surface area contributed by atoms with Crippen LogP contribution in [0.25, 0.3) is 6.08 Å². The van der Waals surface area contributed by atoms with Crippen molar-refractivity contribution in [3.63, 3.8) is 0 Å². The van der Waals surface area contributed by atoms with Gasteiger partial charge in [-0.1, -0.05) is 35.4 Å². The molecule has 80 valence electrons. The third-order valence-electron chi connectivity index (χ3n) is 1.72. The van der Waals surface area contributed by atoms with E-state index in [4.69, 9.17) is 28.3 Å². The largest absolute Gasteiger partial charge is 0.481 e. The highest BCUT2D eigenvalue weighted by molar-refractivity contribution is 6.34. The fraction of sp³-hybridized carbons (Fsp3) is 0.182. The Hall–Kier alpha value is -0.990. The Labute approximate surface area is 98.1 Å². The molecule has 0 aliphatic carbocycles. The molecular weight excluding hydrogens is 235 g/mol. The molecule has 2 nitrogen and oxygen atoms in total. The van der Waals surface area contributed by atoms with Gasteiger partial charge in [-0.2, -0.15) is 0 Å². The summed E-state index contributed by atoms with van der Waals surface area (Å²) in [6.07, 6.45) is 4.22. The van der Waals surface area contributed by atoms with Crippen molar-refractivity contribution in [2.75, 3.05) is 0 Å². The van der Waals surface area contributed by atoms with Crippen molar-refractivity contribution in [3.05, 3.63) is 39.9 Å². The lowest BCUT2D eigenvalue weighted by Crippen LogP contribution is -1.91. The number of halogens is 2. The molecule has 0 unspecified atom stereocenters. The van der Waals surface area contributed by atoms with Crippen LogP contribution in [0, 0.1) is 0 Å². The normalized spacial score (nSPS) is 10.8. The molecule has 0 radical (unpaired) electrons. The number of carboxylic acid groups (broad SMARTS) is 1. The van der Waals surface area contributed by atoms with Crippen LogP contribution in [-0.2, 0) is 4.79 Å². The van der Waals surface area contributed by atoms with Gasteiger partial charge in [-0.05, 0) is 30.2 Å². The van der Waals surface area contributed by atoms with Crippen LogP contribution in [0.4, 0.5) is 0 Å². The zero-order chi connectivity index (χ0) is 11.3. The second-order valence-corrected chi connectivity index (χ2v) is 3.91. The van der Waals surface area contributed by atoms with E-state index in [9.17, 15) is 4.79 Å². The highest BCUT2D eigenvalue weighted by atomic mass is 35.5. The number of aliphatic carboxylic acids is 1. The van der Waals surface area contributed by atoms with Crippen LogP contribution < -0.4 is 0 Å². The zero-order valence-corrected chi connectivity index (χ0v) is 9.42. The molecule has 0 aliphatic rings. The summed E-state index contributed by atoms with van der Waals surface area (Å²) >= 11 is 11.6. The topological polar surface area (TPSA) is 37.3 Å². The van der Waals surface area contributed by atoms with Gasteiger partial charge in [0.2, 0.25) is 0 Å². The lowest BCUT2D eigenvalue weighted by atomic mass is 10.2. The highest BCUT2D eigenvalue weighted by Gasteiger charge is 1.95. The summed E-state index contributed by atoms with van der Waals surface area (Å²) in [6, 6.07) is 5.19. The standard InChI is InChI=1S/C11H10Cl2O2/c12-9-5-8(6-10(13)7-9)3-1-2-4-11(14)15/h1,3,5-7H,2,4H2,(H,14,15). The van der Waals surface area contributed by atoms with Gasteiger partial charge in [0.15, 0.2) is 0 Å². The molecule has 0 aliphatic heterocycles. The van der Waals surface area contributed by atoms with Crippen LogP contribution in [0.2, 0.25) is 10.0 Å². The number of hydrogen-bond donors (Lipinski definition) is 1. The van der Waals surface area contributed by atoms with Crippen LogP contribution in [0.15, 0.2) is 24.3 Å². The molecular formula is C11H10Cl2O2. The highest BCUT2D eigenvalue weighted by Crippen LogP contribution is 2.19. The lowest BCUT2D eigenvalue weighted by molar-refractivity contribution is -0.136. The molecule has 1 aromatic carbocycles. The van der Waals surface area contributed by atoms with Crippen molar-refractivity contribution < 1.29 is 9.90 Å². The SMILES string of the molecule is O=C(O)CCC=Cc1cc(Cl)cc(Cl)c1. The minimum Gasteiger partial charge on any atom is -0.481 e. The molecule has 0 fully saturated rings. The van der Waals surface area contributed by atoms with Gasteiger partial charge in [0.1, 0.15) is 0 Å². The molecule has 0 aromatic heterocycles. The van der Waals surface area contributed by atoms with Crippen molar-refractivity contribution >= 4 is 35.2 Å². The Morgan fingerprint density at radius 2 is 1.87 bits per heavy atom. The first-order valence-electron chi connectivity index (χ1n) is 4.42. The van der Waals surface area contributed by atoms with E-state index >= 15 is 0 Å². The smallest absolute Gasteiger partial charge is 0.303 e. The van der Waals surface area contributed by atoms with Gasteiger partial charge in [0.25, 0.3) is 0 Å². The summed E-state index contributed by atoms with van der Waals surface area (Å²) in [5, 5.41) is 9.56. The van der Waals surface area contributed by atoms with Crippen LogP contribution in [0.5, 0.6) is 0 Å². The maximum absolute atomic E-state index is 10.2. The molecule has 0 amide bonds.